The van der Waals surface area contributed by atoms with E-state index in [1.807, 2.05) is 0 Å². The molecule has 0 saturated heterocycles. The van der Waals surface area contributed by atoms with Crippen LogP contribution in [-0.2, 0) is 21.4 Å². The van der Waals surface area contributed by atoms with Crippen LogP contribution in [0, 0.1) is 6.92 Å². The summed E-state index contributed by atoms with van der Waals surface area (Å²) < 4.78 is 32.2. The van der Waals surface area contributed by atoms with E-state index >= 15 is 0 Å². The maximum absolute atomic E-state index is 12.5. The van der Waals surface area contributed by atoms with Gasteiger partial charge < -0.3 is 15.2 Å². The van der Waals surface area contributed by atoms with Gasteiger partial charge in [0.05, 0.1) is 11.4 Å². The van der Waals surface area contributed by atoms with Gasteiger partial charge in [0.25, 0.3) is 5.91 Å². The standard InChI is InChI=1S/C16H21N5O5S/c1-4-13(16(23)17-3)21-27(24,25)12-7-5-6-11(8-12)15(22)18-9-14-19-10(2)26-20-14/h5-8,13,21H,4,9H2,1-3H3,(H,17,23)(H,18,22)/t13-/m0/s1. The van der Waals surface area contributed by atoms with Crippen molar-refractivity contribution in [2.75, 3.05) is 7.05 Å². The van der Waals surface area contributed by atoms with Crippen LogP contribution in [-0.4, -0.2) is 43.5 Å². The highest BCUT2D eigenvalue weighted by Crippen LogP contribution is 2.13. The second kappa shape index (κ2) is 8.73. The molecule has 0 aliphatic carbocycles. The first-order chi connectivity index (χ1) is 12.8. The second-order valence-electron chi connectivity index (χ2n) is 5.64. The lowest BCUT2D eigenvalue weighted by Gasteiger charge is -2.16. The van der Waals surface area contributed by atoms with Crippen molar-refractivity contribution in [1.82, 2.24) is 25.5 Å². The number of aromatic nitrogens is 2. The molecule has 0 fully saturated rings. The number of nitrogens with one attached hydrogen (secondary N) is 3. The van der Waals surface area contributed by atoms with E-state index < -0.39 is 27.9 Å². The Bertz CT molecular complexity index is 925. The van der Waals surface area contributed by atoms with Crippen LogP contribution in [0.2, 0.25) is 0 Å². The molecule has 1 atom stereocenters. The SMILES string of the molecule is CC[C@H](NS(=O)(=O)c1cccc(C(=O)NCc2noc(C)n2)c1)C(=O)NC. The van der Waals surface area contributed by atoms with E-state index in [4.69, 9.17) is 4.52 Å². The monoisotopic (exact) mass is 395 g/mol. The lowest BCUT2D eigenvalue weighted by atomic mass is 10.2. The molecule has 0 aliphatic heterocycles. The fraction of sp³-hybridized carbons (Fsp3) is 0.375. The summed E-state index contributed by atoms with van der Waals surface area (Å²) in [5.41, 5.74) is 0.145. The van der Waals surface area contributed by atoms with Gasteiger partial charge in [-0.05, 0) is 24.6 Å². The van der Waals surface area contributed by atoms with E-state index in [-0.39, 0.29) is 23.4 Å². The molecule has 2 aromatic rings. The van der Waals surface area contributed by atoms with Gasteiger partial charge in [0.15, 0.2) is 5.82 Å². The van der Waals surface area contributed by atoms with Crippen molar-refractivity contribution in [3.05, 3.63) is 41.5 Å². The fourth-order valence-corrected chi connectivity index (χ4v) is 3.56. The number of hydrogen-bond acceptors (Lipinski definition) is 7. The van der Waals surface area contributed by atoms with Crippen molar-refractivity contribution in [2.24, 2.45) is 0 Å². The van der Waals surface area contributed by atoms with Crippen LogP contribution in [0.4, 0.5) is 0 Å². The van der Waals surface area contributed by atoms with Crippen LogP contribution in [0.5, 0.6) is 0 Å². The van der Waals surface area contributed by atoms with Gasteiger partial charge in [0, 0.05) is 19.5 Å². The van der Waals surface area contributed by atoms with Gasteiger partial charge >= 0.3 is 0 Å². The predicted molar refractivity (Wildman–Crippen MR) is 95.1 cm³/mol. The smallest absolute Gasteiger partial charge is 0.251 e. The van der Waals surface area contributed by atoms with Crippen LogP contribution in [0.25, 0.3) is 0 Å². The number of amides is 2. The van der Waals surface area contributed by atoms with Crippen LogP contribution < -0.4 is 15.4 Å². The van der Waals surface area contributed by atoms with Crippen LogP contribution in [0.3, 0.4) is 0 Å². The molecule has 1 aromatic heterocycles. The van der Waals surface area contributed by atoms with Crippen LogP contribution in [0.1, 0.15) is 35.4 Å². The van der Waals surface area contributed by atoms with Gasteiger partial charge in [-0.15, -0.1) is 0 Å². The van der Waals surface area contributed by atoms with Gasteiger partial charge in [-0.3, -0.25) is 9.59 Å². The molecule has 0 unspecified atom stereocenters. The number of hydrogen-bond donors (Lipinski definition) is 3. The number of benzene rings is 1. The molecular weight excluding hydrogens is 374 g/mol. The molecule has 0 radical (unpaired) electrons. The minimum atomic E-state index is -3.98. The maximum Gasteiger partial charge on any atom is 0.251 e. The third kappa shape index (κ3) is 5.34. The molecule has 3 N–H and O–H groups in total. The zero-order valence-corrected chi connectivity index (χ0v) is 16.0. The summed E-state index contributed by atoms with van der Waals surface area (Å²) >= 11 is 0. The normalized spacial score (nSPS) is 12.4. The largest absolute Gasteiger partial charge is 0.358 e. The second-order valence-corrected chi connectivity index (χ2v) is 7.35. The zero-order valence-electron chi connectivity index (χ0n) is 15.1. The van der Waals surface area contributed by atoms with E-state index in [1.54, 1.807) is 13.8 Å². The van der Waals surface area contributed by atoms with E-state index in [9.17, 15) is 18.0 Å². The molecule has 0 aliphatic rings. The first-order valence-electron chi connectivity index (χ1n) is 8.18. The van der Waals surface area contributed by atoms with Crippen molar-refractivity contribution >= 4 is 21.8 Å². The minimum Gasteiger partial charge on any atom is -0.358 e. The minimum absolute atomic E-state index is 0.0416. The van der Waals surface area contributed by atoms with Gasteiger partial charge in [0.2, 0.25) is 21.8 Å². The molecule has 27 heavy (non-hydrogen) atoms. The van der Waals surface area contributed by atoms with Gasteiger partial charge in [-0.25, -0.2) is 8.42 Å². The Hall–Kier alpha value is -2.79. The van der Waals surface area contributed by atoms with Crippen molar-refractivity contribution < 1.29 is 22.5 Å². The molecular formula is C16H21N5O5S. The molecule has 1 heterocycles. The van der Waals surface area contributed by atoms with Gasteiger partial charge in [0.1, 0.15) is 6.04 Å². The highest BCUT2D eigenvalue weighted by Gasteiger charge is 2.24. The zero-order chi connectivity index (χ0) is 20.0. The molecule has 0 saturated carbocycles. The third-order valence-electron chi connectivity index (χ3n) is 3.65. The van der Waals surface area contributed by atoms with Crippen LogP contribution in [0.15, 0.2) is 33.7 Å². The van der Waals surface area contributed by atoms with Crippen LogP contribution >= 0.6 is 0 Å². The number of carbonyl (C=O) groups is 2. The molecule has 2 rings (SSSR count). The Morgan fingerprint density at radius 3 is 2.63 bits per heavy atom. The number of nitrogens with zero attached hydrogens (tertiary/aromatic N) is 2. The topological polar surface area (TPSA) is 143 Å². The number of sulfonamides is 1. The Morgan fingerprint density at radius 2 is 2.04 bits per heavy atom. The molecule has 10 nitrogen and oxygen atoms in total. The van der Waals surface area contributed by atoms with Gasteiger partial charge in [-0.2, -0.15) is 9.71 Å². The Kier molecular flexibility index (Phi) is 6.64. The Morgan fingerprint density at radius 1 is 1.30 bits per heavy atom. The van der Waals surface area contributed by atoms with E-state index in [0.29, 0.717) is 11.7 Å². The number of rotatable bonds is 8. The summed E-state index contributed by atoms with van der Waals surface area (Å²) in [5.74, 6) is -0.249. The molecule has 1 aromatic carbocycles. The molecule has 2 amide bonds. The average Bonchev–Trinajstić information content (AvgIpc) is 3.08. The number of likely N-dealkylation sites (N-methyl/N-ethyl adjacent to an activating group) is 1. The first-order valence-corrected chi connectivity index (χ1v) is 9.66. The van der Waals surface area contributed by atoms with Crippen molar-refractivity contribution in [1.29, 1.82) is 0 Å². The van der Waals surface area contributed by atoms with Crippen molar-refractivity contribution in [2.45, 2.75) is 37.8 Å². The number of aryl methyl sites for hydroxylation is 1. The fourth-order valence-electron chi connectivity index (χ4n) is 2.23. The summed E-state index contributed by atoms with van der Waals surface area (Å²) in [6, 6.07) is 4.60. The van der Waals surface area contributed by atoms with E-state index in [1.165, 1.54) is 31.3 Å². The highest BCUT2D eigenvalue weighted by atomic mass is 32.2. The van der Waals surface area contributed by atoms with Crippen molar-refractivity contribution in [3.63, 3.8) is 0 Å². The van der Waals surface area contributed by atoms with Crippen molar-refractivity contribution in [3.8, 4) is 0 Å². The Balaban J connectivity index is 2.13. The summed E-state index contributed by atoms with van der Waals surface area (Å²) in [4.78, 5) is 27.8. The summed E-state index contributed by atoms with van der Waals surface area (Å²) in [7, 11) is -2.55. The average molecular weight is 395 g/mol. The predicted octanol–water partition coefficient (Wildman–Crippen LogP) is 0.111. The summed E-state index contributed by atoms with van der Waals surface area (Å²) in [5, 5.41) is 8.65. The maximum atomic E-state index is 12.5. The van der Waals surface area contributed by atoms with E-state index in [2.05, 4.69) is 25.5 Å². The molecule has 11 heteroatoms. The molecule has 0 bridgehead atoms. The quantitative estimate of drug-likeness (QED) is 0.575. The van der Waals surface area contributed by atoms with E-state index in [0.717, 1.165) is 0 Å². The number of carbonyl (C=O) groups excluding carboxylic acids is 2. The highest BCUT2D eigenvalue weighted by molar-refractivity contribution is 7.89. The molecule has 0 spiro atoms. The summed E-state index contributed by atoms with van der Waals surface area (Å²) in [6.07, 6.45) is 0.281. The van der Waals surface area contributed by atoms with Gasteiger partial charge in [-0.1, -0.05) is 18.1 Å². The molecule has 146 valence electrons. The first kappa shape index (κ1) is 20.5. The third-order valence-corrected chi connectivity index (χ3v) is 5.12. The Labute approximate surface area is 156 Å². The summed E-state index contributed by atoms with van der Waals surface area (Å²) in [6.45, 7) is 3.36. The lowest BCUT2D eigenvalue weighted by molar-refractivity contribution is -0.122. The lowest BCUT2D eigenvalue weighted by Crippen LogP contribution is -2.45.